The van der Waals surface area contributed by atoms with Gasteiger partial charge in [-0.2, -0.15) is 0 Å². The van der Waals surface area contributed by atoms with E-state index in [1.807, 2.05) is 4.90 Å². The number of nitro groups is 1. The van der Waals surface area contributed by atoms with Gasteiger partial charge in [0.15, 0.2) is 18.1 Å². The van der Waals surface area contributed by atoms with E-state index in [4.69, 9.17) is 4.74 Å². The van der Waals surface area contributed by atoms with Crippen LogP contribution in [0.15, 0.2) is 36.4 Å². The van der Waals surface area contributed by atoms with Crippen molar-refractivity contribution in [3.05, 3.63) is 63.5 Å². The number of anilines is 1. The van der Waals surface area contributed by atoms with Crippen molar-refractivity contribution in [2.45, 2.75) is 13.8 Å². The van der Waals surface area contributed by atoms with Crippen LogP contribution in [0, 0.1) is 22.9 Å². The number of ether oxygens (including phenoxy) is 1. The number of hydrogen-bond acceptors (Lipinski definition) is 6. The minimum Gasteiger partial charge on any atom is -0.477 e. The normalized spacial score (nSPS) is 13.8. The van der Waals surface area contributed by atoms with E-state index < -0.39 is 10.7 Å². The van der Waals surface area contributed by atoms with Crippen LogP contribution < -0.4 is 9.64 Å². The molecule has 0 atom stereocenters. The molecule has 0 N–H and O–H groups in total. The van der Waals surface area contributed by atoms with Crippen molar-refractivity contribution in [1.82, 2.24) is 4.90 Å². The molecule has 1 amide bonds. The molecule has 30 heavy (non-hydrogen) atoms. The highest BCUT2D eigenvalue weighted by molar-refractivity contribution is 5.94. The van der Waals surface area contributed by atoms with Gasteiger partial charge in [0.1, 0.15) is 5.82 Å². The van der Waals surface area contributed by atoms with Gasteiger partial charge in [-0.3, -0.25) is 19.7 Å². The number of carbonyl (C=O) groups is 2. The van der Waals surface area contributed by atoms with Gasteiger partial charge < -0.3 is 14.5 Å². The van der Waals surface area contributed by atoms with Crippen LogP contribution in [0.5, 0.6) is 5.75 Å². The Labute approximate surface area is 173 Å². The van der Waals surface area contributed by atoms with E-state index in [1.54, 1.807) is 36.1 Å². The van der Waals surface area contributed by atoms with Crippen molar-refractivity contribution in [3.63, 3.8) is 0 Å². The Morgan fingerprint density at radius 2 is 1.87 bits per heavy atom. The number of aryl methyl sites for hydroxylation is 1. The van der Waals surface area contributed by atoms with E-state index in [9.17, 15) is 24.1 Å². The molecule has 1 aliphatic heterocycles. The van der Waals surface area contributed by atoms with Gasteiger partial charge in [-0.1, -0.05) is 12.1 Å². The van der Waals surface area contributed by atoms with E-state index >= 15 is 0 Å². The number of piperazine rings is 1. The second kappa shape index (κ2) is 8.89. The van der Waals surface area contributed by atoms with Crippen LogP contribution in [-0.4, -0.2) is 54.3 Å². The van der Waals surface area contributed by atoms with Crippen molar-refractivity contribution in [2.24, 2.45) is 0 Å². The predicted molar refractivity (Wildman–Crippen MR) is 109 cm³/mol. The summed E-state index contributed by atoms with van der Waals surface area (Å²) in [5.74, 6) is -0.917. The molecule has 0 aliphatic carbocycles. The quantitative estimate of drug-likeness (QED) is 0.409. The summed E-state index contributed by atoms with van der Waals surface area (Å²) in [6, 6.07) is 9.08. The molecular formula is C21H22FN3O5. The summed E-state index contributed by atoms with van der Waals surface area (Å²) in [7, 11) is 0. The number of para-hydroxylation sites is 1. The first kappa shape index (κ1) is 21.2. The molecule has 1 saturated heterocycles. The zero-order valence-corrected chi connectivity index (χ0v) is 16.8. The molecule has 8 nitrogen and oxygen atoms in total. The Morgan fingerprint density at radius 3 is 2.47 bits per heavy atom. The summed E-state index contributed by atoms with van der Waals surface area (Å²) in [6.45, 7) is 4.25. The first-order valence-electron chi connectivity index (χ1n) is 9.48. The van der Waals surface area contributed by atoms with Crippen LogP contribution in [0.1, 0.15) is 22.8 Å². The number of hydrogen-bond donors (Lipinski definition) is 0. The Hall–Kier alpha value is -3.49. The Balaban J connectivity index is 1.58. The van der Waals surface area contributed by atoms with E-state index in [2.05, 4.69) is 0 Å². The Bertz CT molecular complexity index is 987. The SMILES string of the molecule is CC(=O)c1ccc(N2CCN(C(=O)COc3cccc(C)c3[N+](=O)[O-])CC2)c(F)c1. The van der Waals surface area contributed by atoms with Gasteiger partial charge in [0.25, 0.3) is 5.91 Å². The van der Waals surface area contributed by atoms with Crippen LogP contribution in [0.25, 0.3) is 0 Å². The van der Waals surface area contributed by atoms with Crippen molar-refractivity contribution in [3.8, 4) is 5.75 Å². The minimum atomic E-state index is -0.528. The maximum absolute atomic E-state index is 14.3. The molecule has 2 aromatic carbocycles. The zero-order chi connectivity index (χ0) is 21.8. The molecule has 0 unspecified atom stereocenters. The van der Waals surface area contributed by atoms with Crippen LogP contribution in [0.2, 0.25) is 0 Å². The third-order valence-corrected chi connectivity index (χ3v) is 5.06. The van der Waals surface area contributed by atoms with Gasteiger partial charge in [0, 0.05) is 37.3 Å². The Morgan fingerprint density at radius 1 is 1.17 bits per heavy atom. The lowest BCUT2D eigenvalue weighted by atomic mass is 10.1. The summed E-state index contributed by atoms with van der Waals surface area (Å²) >= 11 is 0. The number of Topliss-reactive ketones (excluding diaryl/α,β-unsaturated/α-hetero) is 1. The third kappa shape index (κ3) is 4.56. The van der Waals surface area contributed by atoms with Gasteiger partial charge in [0.05, 0.1) is 10.6 Å². The first-order valence-corrected chi connectivity index (χ1v) is 9.48. The maximum Gasteiger partial charge on any atom is 0.313 e. The maximum atomic E-state index is 14.3. The van der Waals surface area contributed by atoms with Gasteiger partial charge in [-0.25, -0.2) is 4.39 Å². The second-order valence-electron chi connectivity index (χ2n) is 7.06. The number of ketones is 1. The molecule has 1 fully saturated rings. The van der Waals surface area contributed by atoms with Crippen molar-refractivity contribution >= 4 is 23.1 Å². The number of nitrogens with zero attached hydrogens (tertiary/aromatic N) is 3. The van der Waals surface area contributed by atoms with Crippen LogP contribution in [0.4, 0.5) is 15.8 Å². The van der Waals surface area contributed by atoms with Crippen LogP contribution in [0.3, 0.4) is 0 Å². The van der Waals surface area contributed by atoms with E-state index in [1.165, 1.54) is 19.1 Å². The fourth-order valence-corrected chi connectivity index (χ4v) is 3.39. The predicted octanol–water partition coefficient (Wildman–Crippen LogP) is 2.97. The lowest BCUT2D eigenvalue weighted by Gasteiger charge is -2.36. The largest absolute Gasteiger partial charge is 0.477 e. The van der Waals surface area contributed by atoms with E-state index in [0.29, 0.717) is 43.0 Å². The standard InChI is InChI=1S/C21H22FN3O5/c1-14-4-3-5-19(21(14)25(28)29)30-13-20(27)24-10-8-23(9-11-24)18-7-6-16(15(2)26)12-17(18)22/h3-7,12H,8-11,13H2,1-2H3. The number of benzene rings is 2. The molecule has 0 bridgehead atoms. The topological polar surface area (TPSA) is 93.0 Å². The molecule has 0 aromatic heterocycles. The average Bonchev–Trinajstić information content (AvgIpc) is 2.71. The number of halogens is 1. The van der Waals surface area contributed by atoms with Crippen LogP contribution in [-0.2, 0) is 4.79 Å². The molecule has 0 saturated carbocycles. The molecular weight excluding hydrogens is 393 g/mol. The van der Waals surface area contributed by atoms with Gasteiger partial charge in [-0.15, -0.1) is 0 Å². The number of rotatable bonds is 6. The fourth-order valence-electron chi connectivity index (χ4n) is 3.39. The molecule has 1 aliphatic rings. The summed E-state index contributed by atoms with van der Waals surface area (Å²) in [5, 5.41) is 11.2. The smallest absolute Gasteiger partial charge is 0.313 e. The lowest BCUT2D eigenvalue weighted by molar-refractivity contribution is -0.386. The van der Waals surface area contributed by atoms with E-state index in [-0.39, 0.29) is 29.7 Å². The third-order valence-electron chi connectivity index (χ3n) is 5.06. The number of nitro benzene ring substituents is 1. The summed E-state index contributed by atoms with van der Waals surface area (Å²) < 4.78 is 19.8. The summed E-state index contributed by atoms with van der Waals surface area (Å²) in [5.41, 5.74) is 1.00. The van der Waals surface area contributed by atoms with Crippen molar-refractivity contribution in [1.29, 1.82) is 0 Å². The highest BCUT2D eigenvalue weighted by atomic mass is 19.1. The van der Waals surface area contributed by atoms with Gasteiger partial charge in [-0.05, 0) is 38.1 Å². The highest BCUT2D eigenvalue weighted by Crippen LogP contribution is 2.30. The average molecular weight is 415 g/mol. The summed E-state index contributed by atoms with van der Waals surface area (Å²) in [6.07, 6.45) is 0. The lowest BCUT2D eigenvalue weighted by Crippen LogP contribution is -2.50. The van der Waals surface area contributed by atoms with Gasteiger partial charge in [0.2, 0.25) is 0 Å². The highest BCUT2D eigenvalue weighted by Gasteiger charge is 2.25. The second-order valence-corrected chi connectivity index (χ2v) is 7.06. The molecule has 0 radical (unpaired) electrons. The van der Waals surface area contributed by atoms with E-state index in [0.717, 1.165) is 0 Å². The minimum absolute atomic E-state index is 0.0552. The molecule has 9 heteroatoms. The zero-order valence-electron chi connectivity index (χ0n) is 16.8. The number of carbonyl (C=O) groups excluding carboxylic acids is 2. The number of amides is 1. The first-order chi connectivity index (χ1) is 14.3. The molecule has 158 valence electrons. The monoisotopic (exact) mass is 415 g/mol. The molecule has 0 spiro atoms. The van der Waals surface area contributed by atoms with Crippen LogP contribution >= 0.6 is 0 Å². The molecule has 3 rings (SSSR count). The van der Waals surface area contributed by atoms with Gasteiger partial charge >= 0.3 is 5.69 Å². The molecule has 2 aromatic rings. The molecule has 1 heterocycles. The Kier molecular flexibility index (Phi) is 6.29. The summed E-state index contributed by atoms with van der Waals surface area (Å²) in [4.78, 5) is 37.9. The fraction of sp³-hybridized carbons (Fsp3) is 0.333. The van der Waals surface area contributed by atoms with Crippen molar-refractivity contribution in [2.75, 3.05) is 37.7 Å². The van der Waals surface area contributed by atoms with Crippen molar-refractivity contribution < 1.29 is 23.6 Å².